The van der Waals surface area contributed by atoms with E-state index >= 15 is 0 Å². The Kier molecular flexibility index (Phi) is 7.36. The molecule has 0 spiro atoms. The van der Waals surface area contributed by atoms with E-state index in [2.05, 4.69) is 54.2 Å². The molecule has 0 radical (unpaired) electrons. The Labute approximate surface area is 119 Å². The molecular formula is C15H24BrNO. The molecule has 18 heavy (non-hydrogen) atoms. The van der Waals surface area contributed by atoms with Gasteiger partial charge in [-0.05, 0) is 55.6 Å². The van der Waals surface area contributed by atoms with Crippen LogP contribution >= 0.6 is 15.9 Å². The zero-order valence-electron chi connectivity index (χ0n) is 11.6. The fraction of sp³-hybridized carbons (Fsp3) is 0.600. The predicted octanol–water partition coefficient (Wildman–Crippen LogP) is 4.34. The fourth-order valence-electron chi connectivity index (χ4n) is 1.78. The molecule has 0 aliphatic rings. The summed E-state index contributed by atoms with van der Waals surface area (Å²) in [4.78, 5) is 0. The van der Waals surface area contributed by atoms with Crippen molar-refractivity contribution >= 4 is 15.9 Å². The maximum Gasteiger partial charge on any atom is 0.122 e. The van der Waals surface area contributed by atoms with Crippen LogP contribution in [-0.2, 0) is 0 Å². The Morgan fingerprint density at radius 2 is 2.06 bits per heavy atom. The summed E-state index contributed by atoms with van der Waals surface area (Å²) in [6.07, 6.45) is 2.23. The molecule has 0 atom stereocenters. The highest BCUT2D eigenvalue weighted by molar-refractivity contribution is 9.10. The maximum atomic E-state index is 5.87. The largest absolute Gasteiger partial charge is 0.493 e. The zero-order chi connectivity index (χ0) is 13.4. The van der Waals surface area contributed by atoms with Crippen molar-refractivity contribution in [1.29, 1.82) is 0 Å². The molecule has 0 aliphatic heterocycles. The lowest BCUT2D eigenvalue weighted by molar-refractivity contribution is 0.304. The van der Waals surface area contributed by atoms with Crippen LogP contribution in [0.25, 0.3) is 0 Å². The Bertz CT molecular complexity index is 352. The van der Waals surface area contributed by atoms with Gasteiger partial charge in [0, 0.05) is 4.47 Å². The number of nitrogens with one attached hydrogen (secondary N) is 1. The number of benzene rings is 1. The highest BCUT2D eigenvalue weighted by Gasteiger charge is 2.08. The number of ether oxygens (including phenoxy) is 1. The quantitative estimate of drug-likeness (QED) is 0.721. The molecule has 0 saturated heterocycles. The first-order valence-corrected chi connectivity index (χ1v) is 7.57. The summed E-state index contributed by atoms with van der Waals surface area (Å²) in [5.41, 5.74) is 1.27. The molecule has 0 saturated carbocycles. The first-order chi connectivity index (χ1) is 8.65. The highest BCUT2D eigenvalue weighted by Crippen LogP contribution is 2.29. The van der Waals surface area contributed by atoms with Gasteiger partial charge in [0.05, 0.1) is 6.61 Å². The third-order valence-electron chi connectivity index (χ3n) is 2.78. The maximum absolute atomic E-state index is 5.87. The first-order valence-electron chi connectivity index (χ1n) is 6.78. The summed E-state index contributed by atoms with van der Waals surface area (Å²) in [6, 6.07) is 6.24. The van der Waals surface area contributed by atoms with Crippen LogP contribution in [0.15, 0.2) is 22.7 Å². The number of rotatable bonds is 8. The van der Waals surface area contributed by atoms with Crippen LogP contribution < -0.4 is 10.1 Å². The van der Waals surface area contributed by atoms with Crippen LogP contribution in [-0.4, -0.2) is 19.7 Å². The predicted molar refractivity (Wildman–Crippen MR) is 81.5 cm³/mol. The Morgan fingerprint density at radius 3 is 2.72 bits per heavy atom. The van der Waals surface area contributed by atoms with E-state index in [1.165, 1.54) is 12.0 Å². The lowest BCUT2D eigenvalue weighted by Crippen LogP contribution is -2.18. The van der Waals surface area contributed by atoms with Crippen molar-refractivity contribution in [3.05, 3.63) is 28.2 Å². The van der Waals surface area contributed by atoms with E-state index in [9.17, 15) is 0 Å². The van der Waals surface area contributed by atoms with Gasteiger partial charge in [-0.15, -0.1) is 0 Å². The minimum absolute atomic E-state index is 0.482. The summed E-state index contributed by atoms with van der Waals surface area (Å²) in [5, 5.41) is 3.38. The number of hydrogen-bond acceptors (Lipinski definition) is 2. The monoisotopic (exact) mass is 313 g/mol. The third kappa shape index (κ3) is 5.40. The van der Waals surface area contributed by atoms with Crippen LogP contribution in [0.3, 0.4) is 0 Å². The molecule has 3 heteroatoms. The summed E-state index contributed by atoms with van der Waals surface area (Å²) in [6.45, 7) is 9.46. The van der Waals surface area contributed by atoms with Crippen LogP contribution in [0.4, 0.5) is 0 Å². The van der Waals surface area contributed by atoms with Crippen molar-refractivity contribution in [3.63, 3.8) is 0 Å². The summed E-state index contributed by atoms with van der Waals surface area (Å²) < 4.78 is 6.99. The molecule has 0 fully saturated rings. The van der Waals surface area contributed by atoms with E-state index in [1.807, 2.05) is 6.07 Å². The van der Waals surface area contributed by atoms with Crippen molar-refractivity contribution in [2.75, 3.05) is 19.7 Å². The molecule has 1 rings (SSSR count). The summed E-state index contributed by atoms with van der Waals surface area (Å²) in [5.74, 6) is 1.50. The average Bonchev–Trinajstić information content (AvgIpc) is 2.35. The molecule has 0 bridgehead atoms. The number of halogens is 1. The van der Waals surface area contributed by atoms with Gasteiger partial charge < -0.3 is 10.1 Å². The van der Waals surface area contributed by atoms with Crippen LogP contribution in [0, 0.1) is 0 Å². The molecule has 0 heterocycles. The third-order valence-corrected chi connectivity index (χ3v) is 3.27. The second kappa shape index (κ2) is 8.54. The van der Waals surface area contributed by atoms with Gasteiger partial charge in [-0.1, -0.05) is 36.7 Å². The van der Waals surface area contributed by atoms with E-state index in [4.69, 9.17) is 4.74 Å². The highest BCUT2D eigenvalue weighted by atomic mass is 79.9. The van der Waals surface area contributed by atoms with Gasteiger partial charge in [-0.2, -0.15) is 0 Å². The van der Waals surface area contributed by atoms with Gasteiger partial charge in [0.1, 0.15) is 5.75 Å². The van der Waals surface area contributed by atoms with Gasteiger partial charge in [-0.25, -0.2) is 0 Å². The van der Waals surface area contributed by atoms with Crippen molar-refractivity contribution in [1.82, 2.24) is 5.32 Å². The van der Waals surface area contributed by atoms with Gasteiger partial charge in [-0.3, -0.25) is 0 Å². The van der Waals surface area contributed by atoms with Crippen LogP contribution in [0.2, 0.25) is 0 Å². The van der Waals surface area contributed by atoms with E-state index < -0.39 is 0 Å². The molecule has 0 unspecified atom stereocenters. The average molecular weight is 314 g/mol. The molecule has 0 aliphatic carbocycles. The Balaban J connectivity index is 2.42. The standard InChI is InChI=1S/C15H24BrNO/c1-4-8-17-9-5-10-18-15-7-6-13(16)11-14(15)12(2)3/h6-7,11-12,17H,4-5,8-10H2,1-3H3. The second-order valence-electron chi connectivity index (χ2n) is 4.79. The van der Waals surface area contributed by atoms with Crippen LogP contribution in [0.1, 0.15) is 45.1 Å². The molecule has 0 amide bonds. The normalized spacial score (nSPS) is 10.9. The Morgan fingerprint density at radius 1 is 1.28 bits per heavy atom. The summed E-state index contributed by atoms with van der Waals surface area (Å²) in [7, 11) is 0. The molecule has 102 valence electrons. The molecule has 1 aromatic rings. The minimum Gasteiger partial charge on any atom is -0.493 e. The van der Waals surface area contributed by atoms with Crippen molar-refractivity contribution in [3.8, 4) is 5.75 Å². The molecular weight excluding hydrogens is 290 g/mol. The fourth-order valence-corrected chi connectivity index (χ4v) is 2.16. The second-order valence-corrected chi connectivity index (χ2v) is 5.70. The van der Waals surface area contributed by atoms with Gasteiger partial charge in [0.25, 0.3) is 0 Å². The number of hydrogen-bond donors (Lipinski definition) is 1. The smallest absolute Gasteiger partial charge is 0.122 e. The van der Waals surface area contributed by atoms with Gasteiger partial charge >= 0.3 is 0 Å². The van der Waals surface area contributed by atoms with E-state index in [0.29, 0.717) is 5.92 Å². The van der Waals surface area contributed by atoms with Gasteiger partial charge in [0.15, 0.2) is 0 Å². The molecule has 1 N–H and O–H groups in total. The van der Waals surface area contributed by atoms with Crippen molar-refractivity contribution in [2.45, 2.75) is 39.5 Å². The Hall–Kier alpha value is -0.540. The van der Waals surface area contributed by atoms with E-state index in [0.717, 1.165) is 36.3 Å². The lowest BCUT2D eigenvalue weighted by atomic mass is 10.0. The van der Waals surface area contributed by atoms with Crippen LogP contribution in [0.5, 0.6) is 5.75 Å². The molecule has 0 aromatic heterocycles. The van der Waals surface area contributed by atoms with Crippen molar-refractivity contribution in [2.24, 2.45) is 0 Å². The topological polar surface area (TPSA) is 21.3 Å². The van der Waals surface area contributed by atoms with E-state index in [1.54, 1.807) is 0 Å². The SMILES string of the molecule is CCCNCCCOc1ccc(Br)cc1C(C)C. The van der Waals surface area contributed by atoms with E-state index in [-0.39, 0.29) is 0 Å². The zero-order valence-corrected chi connectivity index (χ0v) is 13.2. The summed E-state index contributed by atoms with van der Waals surface area (Å²) >= 11 is 3.51. The first kappa shape index (κ1) is 15.5. The lowest BCUT2D eigenvalue weighted by Gasteiger charge is -2.14. The van der Waals surface area contributed by atoms with Crippen molar-refractivity contribution < 1.29 is 4.74 Å². The molecule has 1 aromatic carbocycles. The van der Waals surface area contributed by atoms with Gasteiger partial charge in [0.2, 0.25) is 0 Å². The minimum atomic E-state index is 0.482. The molecule has 2 nitrogen and oxygen atoms in total.